The summed E-state index contributed by atoms with van der Waals surface area (Å²) in [5, 5.41) is 0. The van der Waals surface area contributed by atoms with Gasteiger partial charge in [0.2, 0.25) is 0 Å². The van der Waals surface area contributed by atoms with Gasteiger partial charge < -0.3 is 15.3 Å². The average Bonchev–Trinajstić information content (AvgIpc) is 1.94. The molecule has 12 heavy (non-hydrogen) atoms. The van der Waals surface area contributed by atoms with Crippen molar-refractivity contribution in [1.29, 1.82) is 0 Å². The van der Waals surface area contributed by atoms with Crippen molar-refractivity contribution in [2.24, 2.45) is 0 Å². The fourth-order valence-corrected chi connectivity index (χ4v) is 0. The van der Waals surface area contributed by atoms with E-state index in [4.69, 9.17) is 17.1 Å². The van der Waals surface area contributed by atoms with Crippen LogP contribution in [0.15, 0.2) is 6.08 Å². The minimum absolute atomic E-state index is 0. The van der Waals surface area contributed by atoms with Crippen LogP contribution in [-0.2, 0) is 9.59 Å². The maximum Gasteiger partial charge on any atom is 0.0344 e. The Morgan fingerprint density at radius 1 is 1.33 bits per heavy atom. The van der Waals surface area contributed by atoms with Crippen LogP contribution in [0.5, 0.6) is 0 Å². The van der Waals surface area contributed by atoms with Crippen molar-refractivity contribution in [3.63, 3.8) is 0 Å². The molecule has 0 aliphatic carbocycles. The second-order valence-electron chi connectivity index (χ2n) is 0.895. The SMILES string of the molecule is CC.[CH-]=CC(C)=O.[NH-]C=O.[Rf].[Rf]. The maximum absolute atomic E-state index is 9.63. The first-order valence-electron chi connectivity index (χ1n) is 2.85. The Morgan fingerprint density at radius 2 is 1.42 bits per heavy atom. The van der Waals surface area contributed by atoms with Crippen LogP contribution in [-0.4, -0.2) is 12.2 Å². The Balaban J connectivity index is -0.0000000209. The molecule has 0 heterocycles. The van der Waals surface area contributed by atoms with E-state index in [-0.39, 0.29) is 12.2 Å². The summed E-state index contributed by atoms with van der Waals surface area (Å²) in [5.74, 6) is -0.0926. The summed E-state index contributed by atoms with van der Waals surface area (Å²) in [4.78, 5) is 18.1. The molecule has 0 unspecified atom stereocenters. The zero-order chi connectivity index (χ0) is 8.99. The van der Waals surface area contributed by atoms with Gasteiger partial charge >= 0.3 is 0 Å². The predicted octanol–water partition coefficient (Wildman–Crippen LogP) is 1.79. The monoisotopic (exact) mass is 677 g/mol. The zero-order valence-electron chi connectivity index (χ0n) is 7.96. The van der Waals surface area contributed by atoms with Crippen LogP contribution in [0.4, 0.5) is 0 Å². The summed E-state index contributed by atoms with van der Waals surface area (Å²) in [6.45, 7) is 10.1. The van der Waals surface area contributed by atoms with Gasteiger partial charge in [0.1, 0.15) is 0 Å². The van der Waals surface area contributed by atoms with Gasteiger partial charge in [0.25, 0.3) is 0 Å². The summed E-state index contributed by atoms with van der Waals surface area (Å²) in [5.41, 5.74) is 5.53. The van der Waals surface area contributed by atoms with Crippen LogP contribution in [0, 0.1) is 6.58 Å². The first kappa shape index (κ1) is 36.6. The van der Waals surface area contributed by atoms with Crippen molar-refractivity contribution in [1.82, 2.24) is 0 Å². The molecule has 0 saturated heterocycles. The molecule has 0 aliphatic heterocycles. The first-order valence-corrected chi connectivity index (χ1v) is 2.85. The Bertz CT molecular complexity index is 97.4. The van der Waals surface area contributed by atoms with E-state index >= 15 is 0 Å². The quantitative estimate of drug-likeness (QED) is 0.242. The smallest absolute Gasteiger partial charge is 0.0344 e. The number of hydrogen-bond donors (Lipinski definition) is 0. The third kappa shape index (κ3) is 190. The van der Waals surface area contributed by atoms with Gasteiger partial charge in [0.15, 0.2) is 0 Å². The topological polar surface area (TPSA) is 57.9 Å². The molecule has 1 N–H and O–H groups in total. The molecule has 0 aromatic heterocycles. The van der Waals surface area contributed by atoms with Gasteiger partial charge in [-0.2, -0.15) is 0 Å². The average molecular weight is 677 g/mol. The van der Waals surface area contributed by atoms with Gasteiger partial charge in [-0.3, -0.25) is 6.58 Å². The predicted molar refractivity (Wildman–Crippen MR) is 41.3 cm³/mol. The van der Waals surface area contributed by atoms with E-state index in [1.54, 1.807) is 0 Å². The normalized spacial score (nSPS) is 4.25. The van der Waals surface area contributed by atoms with Crippen molar-refractivity contribution in [3.05, 3.63) is 18.4 Å². The van der Waals surface area contributed by atoms with Crippen LogP contribution in [0.1, 0.15) is 20.8 Å². The van der Waals surface area contributed by atoms with E-state index in [2.05, 4.69) is 0 Å². The third-order valence-corrected chi connectivity index (χ3v) is 0.235. The van der Waals surface area contributed by atoms with Gasteiger partial charge in [-0.25, -0.2) is 6.08 Å². The number of allylic oxidation sites excluding steroid dienone is 1. The van der Waals surface area contributed by atoms with E-state index in [9.17, 15) is 4.79 Å². The van der Waals surface area contributed by atoms with Gasteiger partial charge in [-0.15, -0.1) is 0 Å². The summed E-state index contributed by atoms with van der Waals surface area (Å²) in [6, 6.07) is 0. The largest absolute Gasteiger partial charge is 0.671 e. The number of ketones is 1. The summed E-state index contributed by atoms with van der Waals surface area (Å²) in [6.07, 6.45) is 1.03. The molecule has 0 aromatic rings. The molecular weight excluding hydrogens is 664 g/mol. The van der Waals surface area contributed by atoms with Crippen molar-refractivity contribution < 1.29 is 9.59 Å². The van der Waals surface area contributed by atoms with Crippen molar-refractivity contribution in [2.45, 2.75) is 20.8 Å². The van der Waals surface area contributed by atoms with Crippen LogP contribution in [0.25, 0.3) is 5.73 Å². The van der Waals surface area contributed by atoms with E-state index < -0.39 is 0 Å². The molecule has 0 atom stereocenters. The molecule has 64 valence electrons. The van der Waals surface area contributed by atoms with Gasteiger partial charge in [0, 0.05) is 6.41 Å². The number of carbonyl (C=O) groups excluding carboxylic acids is 2. The second-order valence-corrected chi connectivity index (χ2v) is 0.895. The molecular formula is C7H13NO2Rf2-2. The molecule has 0 fully saturated rings. The second kappa shape index (κ2) is 106. The molecule has 3 nitrogen and oxygen atoms in total. The summed E-state index contributed by atoms with van der Waals surface area (Å²) in [7, 11) is 0. The minimum Gasteiger partial charge on any atom is -0.671 e. The molecule has 0 saturated carbocycles. The van der Waals surface area contributed by atoms with Crippen molar-refractivity contribution in [3.8, 4) is 0 Å². The van der Waals surface area contributed by atoms with E-state index in [0.717, 1.165) is 6.08 Å². The molecule has 0 bridgehead atoms. The van der Waals surface area contributed by atoms with Crippen LogP contribution >= 0.6 is 0 Å². The number of amides is 1. The molecule has 0 radical (unpaired) electrons. The zero-order valence-corrected chi connectivity index (χ0v) is 20.8. The number of rotatable bonds is 1. The number of carbonyl (C=O) groups is 2. The van der Waals surface area contributed by atoms with E-state index in [0.29, 0.717) is 0 Å². The fourth-order valence-electron chi connectivity index (χ4n) is 0. The first-order chi connectivity index (χ1) is 4.68. The Hall–Kier alpha value is -3.12. The summed E-state index contributed by atoms with van der Waals surface area (Å²) >= 11 is 0. The molecule has 0 aliphatic rings. The standard InChI is InChI=1S/C4H5O.C2H6.CH3NO.2Rf/c1-3-4(2)5;1-2;2-1-3;;/h1,3H,2H3;1-2H3;1H,(H2,2,3);;/q-1;;;;/p-1. The van der Waals surface area contributed by atoms with E-state index in [1.807, 2.05) is 13.8 Å². The van der Waals surface area contributed by atoms with Crippen molar-refractivity contribution in [2.75, 3.05) is 0 Å². The minimum atomic E-state index is -0.0926. The molecule has 1 amide bonds. The Kier molecular flexibility index (Phi) is 322. The number of hydrogen-bond acceptors (Lipinski definition) is 2. The van der Waals surface area contributed by atoms with Crippen LogP contribution < -0.4 is 0 Å². The van der Waals surface area contributed by atoms with Gasteiger partial charge in [-0.1, -0.05) is 20.8 Å². The van der Waals surface area contributed by atoms with Crippen LogP contribution in [0.3, 0.4) is 0 Å². The van der Waals surface area contributed by atoms with Crippen LogP contribution in [0.2, 0.25) is 0 Å². The Morgan fingerprint density at radius 3 is 1.42 bits per heavy atom. The van der Waals surface area contributed by atoms with Crippen molar-refractivity contribution >= 4 is 12.2 Å². The molecule has 0 spiro atoms. The number of nitrogens with one attached hydrogen (secondary N) is 1. The summed E-state index contributed by atoms with van der Waals surface area (Å²) < 4.78 is 0. The molecule has 5 heteroatoms. The molecule has 0 rings (SSSR count). The maximum atomic E-state index is 9.63. The van der Waals surface area contributed by atoms with Gasteiger partial charge in [-0.05, 0) is 5.78 Å². The Labute approximate surface area is 61.9 Å². The van der Waals surface area contributed by atoms with Gasteiger partial charge in [0.05, 0.1) is 0 Å². The fraction of sp³-hybridized carbons (Fsp3) is 0.429. The van der Waals surface area contributed by atoms with E-state index in [1.165, 1.54) is 6.92 Å². The molecule has 0 aromatic carbocycles. The third-order valence-electron chi connectivity index (χ3n) is 0.235.